The third kappa shape index (κ3) is 4.11. The number of nitrogens with zero attached hydrogens (tertiary/aromatic N) is 4. The zero-order chi connectivity index (χ0) is 25.4. The number of benzene rings is 2. The third-order valence-electron chi connectivity index (χ3n) is 6.46. The van der Waals surface area contributed by atoms with Gasteiger partial charge in [-0.25, -0.2) is 9.37 Å². The first-order valence-corrected chi connectivity index (χ1v) is 11.4. The van der Waals surface area contributed by atoms with Crippen molar-refractivity contribution in [3.05, 3.63) is 66.4 Å². The summed E-state index contributed by atoms with van der Waals surface area (Å²) in [5.41, 5.74) is 8.52. The van der Waals surface area contributed by atoms with E-state index < -0.39 is 11.6 Å². The van der Waals surface area contributed by atoms with Crippen molar-refractivity contribution in [1.29, 1.82) is 0 Å². The average molecular weight is 488 g/mol. The molecule has 0 aliphatic heterocycles. The highest BCUT2D eigenvalue weighted by molar-refractivity contribution is 6.00. The summed E-state index contributed by atoms with van der Waals surface area (Å²) in [6.45, 7) is 1.64. The van der Waals surface area contributed by atoms with E-state index >= 15 is 0 Å². The molecule has 2 aromatic heterocycles. The summed E-state index contributed by atoms with van der Waals surface area (Å²) < 4.78 is 34.9. The highest BCUT2D eigenvalue weighted by Gasteiger charge is 2.37. The number of ether oxygens (including phenoxy) is 1. The minimum atomic E-state index is -1.04. The van der Waals surface area contributed by atoms with Crippen LogP contribution >= 0.6 is 0 Å². The van der Waals surface area contributed by atoms with Gasteiger partial charge in [0, 0.05) is 24.8 Å². The lowest BCUT2D eigenvalue weighted by atomic mass is 9.85. The third-order valence-corrected chi connectivity index (χ3v) is 6.46. The number of nitrogen functional groups attached to an aromatic ring is 1. The number of carbonyl (C=O) groups is 1. The summed E-state index contributed by atoms with van der Waals surface area (Å²) in [6.07, 6.45) is 3.14. The van der Waals surface area contributed by atoms with Gasteiger partial charge in [0.15, 0.2) is 11.6 Å². The molecule has 5 rings (SSSR count). The number of amides is 1. The van der Waals surface area contributed by atoms with E-state index in [4.69, 9.17) is 15.6 Å². The van der Waals surface area contributed by atoms with Gasteiger partial charge in [0.1, 0.15) is 17.3 Å². The van der Waals surface area contributed by atoms with Crippen molar-refractivity contribution in [2.24, 2.45) is 0 Å². The van der Waals surface area contributed by atoms with E-state index in [1.165, 1.54) is 12.1 Å². The fourth-order valence-corrected chi connectivity index (χ4v) is 4.40. The number of hydrogen-bond acceptors (Lipinski definition) is 5. The zero-order valence-corrected chi connectivity index (χ0v) is 19.7. The molecule has 1 fully saturated rings. The molecule has 182 valence electrons. The Hall–Kier alpha value is -4.45. The van der Waals surface area contributed by atoms with Crippen molar-refractivity contribution < 1.29 is 18.3 Å². The van der Waals surface area contributed by atoms with Gasteiger partial charge in [-0.15, -0.1) is 0 Å². The lowest BCUT2D eigenvalue weighted by molar-refractivity contribution is -0.128. The van der Waals surface area contributed by atoms with Gasteiger partial charge in [-0.05, 0) is 68.2 Å². The van der Waals surface area contributed by atoms with Gasteiger partial charge in [-0.2, -0.15) is 9.49 Å². The van der Waals surface area contributed by atoms with E-state index in [1.807, 2.05) is 10.7 Å². The van der Waals surface area contributed by atoms with Crippen LogP contribution in [-0.4, -0.2) is 38.7 Å². The number of aromatic nitrogens is 3. The first kappa shape index (κ1) is 23.3. The molecule has 2 heterocycles. The van der Waals surface area contributed by atoms with E-state index in [-0.39, 0.29) is 23.7 Å². The molecule has 0 unspecified atom stereocenters. The molecule has 0 saturated heterocycles. The van der Waals surface area contributed by atoms with Crippen LogP contribution in [-0.2, 0) is 4.79 Å². The number of carbonyl (C=O) groups excluding carboxylic acids is 1. The number of rotatable bonds is 5. The van der Waals surface area contributed by atoms with Crippen LogP contribution in [0.4, 0.5) is 14.6 Å². The quantitative estimate of drug-likeness (QED) is 0.403. The molecule has 1 aliphatic rings. The normalized spacial score (nSPS) is 16.7. The maximum absolute atomic E-state index is 14.0. The highest BCUT2D eigenvalue weighted by atomic mass is 19.2. The molecule has 4 aromatic rings. The van der Waals surface area contributed by atoms with E-state index in [1.54, 1.807) is 49.3 Å². The summed E-state index contributed by atoms with van der Waals surface area (Å²) >= 11 is 0. The van der Waals surface area contributed by atoms with Gasteiger partial charge < -0.3 is 15.4 Å². The maximum atomic E-state index is 14.0. The molecule has 0 atom stereocenters. The van der Waals surface area contributed by atoms with Crippen LogP contribution < -0.4 is 10.5 Å². The predicted octanol–water partition coefficient (Wildman–Crippen LogP) is 4.94. The molecular weight excluding hydrogens is 464 g/mol. The minimum Gasteiger partial charge on any atom is -0.454 e. The lowest BCUT2D eigenvalue weighted by Gasteiger charge is -2.40. The summed E-state index contributed by atoms with van der Waals surface area (Å²) in [7, 11) is 1.77. The Kier molecular flexibility index (Phi) is 6.02. The van der Waals surface area contributed by atoms with Crippen LogP contribution in [0.2, 0.25) is 0 Å². The average Bonchev–Trinajstić information content (AvgIpc) is 3.22. The lowest BCUT2D eigenvalue weighted by Crippen LogP contribution is -2.46. The molecule has 36 heavy (non-hydrogen) atoms. The topological polar surface area (TPSA) is 86.3 Å². The van der Waals surface area contributed by atoms with Crippen LogP contribution in [0.3, 0.4) is 0 Å². The smallest absolute Gasteiger partial charge is 0.298 e. The summed E-state index contributed by atoms with van der Waals surface area (Å²) in [5, 5.41) is 5.60. The molecule has 1 aliphatic carbocycles. The van der Waals surface area contributed by atoms with E-state index in [2.05, 4.69) is 16.8 Å². The molecule has 7 nitrogen and oxygen atoms in total. The number of fused-ring (bicyclic) bond motifs is 1. The summed E-state index contributed by atoms with van der Waals surface area (Å²) in [4.78, 5) is 18.0. The standard InChI is InChI=1S/C27H23F2N5O2/c1-3-5-23(35)33(2)17-14-18(15-17)34-21-12-13-31-27(30)24(21)26(32-34)16-8-10-19(11-9-16)36-22-7-4-6-20(28)25(22)29/h4,6-13,17-18H,14-15H2,1-2H3,(H2,30,31)/t17-,18+. The number of hydrogen-bond donors (Lipinski definition) is 1. The summed E-state index contributed by atoms with van der Waals surface area (Å²) in [5.74, 6) is 3.52. The van der Waals surface area contributed by atoms with Crippen molar-refractivity contribution in [1.82, 2.24) is 19.7 Å². The summed E-state index contributed by atoms with van der Waals surface area (Å²) in [6, 6.07) is 12.7. The monoisotopic (exact) mass is 487 g/mol. The van der Waals surface area contributed by atoms with Gasteiger partial charge in [0.05, 0.1) is 16.9 Å². The first-order chi connectivity index (χ1) is 17.4. The van der Waals surface area contributed by atoms with Gasteiger partial charge >= 0.3 is 0 Å². The Labute approximate surface area is 206 Å². The molecule has 9 heteroatoms. The molecule has 1 amide bonds. The fraction of sp³-hybridized carbons (Fsp3) is 0.222. The fourth-order valence-electron chi connectivity index (χ4n) is 4.40. The predicted molar refractivity (Wildman–Crippen MR) is 132 cm³/mol. The number of nitrogens with two attached hydrogens (primary N) is 1. The Balaban J connectivity index is 1.42. The second kappa shape index (κ2) is 9.30. The molecule has 1 saturated carbocycles. The van der Waals surface area contributed by atoms with E-state index in [9.17, 15) is 13.6 Å². The van der Waals surface area contributed by atoms with Gasteiger partial charge in [0.2, 0.25) is 5.82 Å². The largest absolute Gasteiger partial charge is 0.454 e. The molecular formula is C27H23F2N5O2. The van der Waals surface area contributed by atoms with Crippen LogP contribution in [0, 0.1) is 23.5 Å². The van der Waals surface area contributed by atoms with Crippen molar-refractivity contribution >= 4 is 22.6 Å². The Morgan fingerprint density at radius 3 is 2.64 bits per heavy atom. The van der Waals surface area contributed by atoms with E-state index in [0.717, 1.165) is 35.4 Å². The minimum absolute atomic E-state index is 0.0879. The van der Waals surface area contributed by atoms with Crippen LogP contribution in [0.1, 0.15) is 25.8 Å². The van der Waals surface area contributed by atoms with Crippen LogP contribution in [0.25, 0.3) is 22.2 Å². The Bertz CT molecular complexity index is 1520. The van der Waals surface area contributed by atoms with Crippen LogP contribution in [0.15, 0.2) is 54.7 Å². The zero-order valence-electron chi connectivity index (χ0n) is 19.7. The highest BCUT2D eigenvalue weighted by Crippen LogP contribution is 2.40. The van der Waals surface area contributed by atoms with E-state index in [0.29, 0.717) is 17.3 Å². The van der Waals surface area contributed by atoms with Crippen molar-refractivity contribution in [3.63, 3.8) is 0 Å². The Morgan fingerprint density at radius 2 is 1.92 bits per heavy atom. The molecule has 0 radical (unpaired) electrons. The number of anilines is 1. The van der Waals surface area contributed by atoms with Gasteiger partial charge in [0.25, 0.3) is 5.91 Å². The molecule has 0 spiro atoms. The Morgan fingerprint density at radius 1 is 1.17 bits per heavy atom. The number of halogens is 2. The molecule has 2 N–H and O–H groups in total. The van der Waals surface area contributed by atoms with Crippen molar-refractivity contribution in [3.8, 4) is 34.6 Å². The van der Waals surface area contributed by atoms with Gasteiger partial charge in [-0.1, -0.05) is 12.0 Å². The van der Waals surface area contributed by atoms with Gasteiger partial charge in [-0.3, -0.25) is 9.48 Å². The maximum Gasteiger partial charge on any atom is 0.298 e. The molecule has 2 aromatic carbocycles. The second-order valence-corrected chi connectivity index (χ2v) is 8.63. The van der Waals surface area contributed by atoms with Crippen LogP contribution in [0.5, 0.6) is 11.5 Å². The first-order valence-electron chi connectivity index (χ1n) is 11.4. The molecule has 0 bridgehead atoms. The van der Waals surface area contributed by atoms with Crippen molar-refractivity contribution in [2.45, 2.75) is 31.8 Å². The SMILES string of the molecule is CC#CC(=O)N(C)[C@H]1C[C@@H](n2nc(-c3ccc(Oc4cccc(F)c4F)cc3)c3c(N)nccc32)C1. The number of pyridine rings is 1. The van der Waals surface area contributed by atoms with Crippen molar-refractivity contribution in [2.75, 3.05) is 12.8 Å². The second-order valence-electron chi connectivity index (χ2n) is 8.63.